The topological polar surface area (TPSA) is 67.9 Å². The van der Waals surface area contributed by atoms with Gasteiger partial charge in [0.25, 0.3) is 0 Å². The van der Waals surface area contributed by atoms with Crippen LogP contribution in [-0.4, -0.2) is 26.9 Å². The lowest BCUT2D eigenvalue weighted by atomic mass is 10.4. The maximum atomic E-state index is 5.47. The quantitative estimate of drug-likeness (QED) is 0.861. The van der Waals surface area contributed by atoms with Crippen molar-refractivity contribution in [3.8, 4) is 0 Å². The van der Waals surface area contributed by atoms with Crippen LogP contribution in [-0.2, 0) is 13.1 Å². The number of nitrogen functional groups attached to an aromatic ring is 1. The summed E-state index contributed by atoms with van der Waals surface area (Å²) in [5.74, 6) is 0.450. The van der Waals surface area contributed by atoms with E-state index in [1.54, 1.807) is 23.7 Å². The van der Waals surface area contributed by atoms with Crippen LogP contribution in [0.5, 0.6) is 0 Å². The maximum Gasteiger partial charge on any atom is 0.141 e. The molecule has 84 valence electrons. The second kappa shape index (κ2) is 5.00. The van der Waals surface area contributed by atoms with Gasteiger partial charge >= 0.3 is 0 Å². The van der Waals surface area contributed by atoms with Gasteiger partial charge < -0.3 is 5.73 Å². The van der Waals surface area contributed by atoms with Crippen LogP contribution in [0, 0.1) is 0 Å². The lowest BCUT2D eigenvalue weighted by Crippen LogP contribution is -2.18. The van der Waals surface area contributed by atoms with E-state index in [4.69, 9.17) is 5.73 Å². The Morgan fingerprint density at radius 3 is 2.62 bits per heavy atom. The molecule has 0 aliphatic rings. The van der Waals surface area contributed by atoms with Gasteiger partial charge in [-0.3, -0.25) is 9.88 Å². The fourth-order valence-electron chi connectivity index (χ4n) is 1.37. The van der Waals surface area contributed by atoms with Crippen LogP contribution in [0.4, 0.5) is 5.82 Å². The molecule has 0 saturated carbocycles. The van der Waals surface area contributed by atoms with Gasteiger partial charge in [-0.1, -0.05) is 0 Å². The number of hydrogen-bond acceptors (Lipinski definition) is 6. The normalized spacial score (nSPS) is 10.9. The molecule has 0 saturated heterocycles. The molecular formula is C10H13N5S. The minimum Gasteiger partial charge on any atom is -0.382 e. The molecule has 0 bridgehead atoms. The number of rotatable bonds is 4. The molecule has 2 aromatic rings. The fraction of sp³-hybridized carbons (Fsp3) is 0.300. The average Bonchev–Trinajstić information content (AvgIpc) is 2.74. The molecule has 0 amide bonds. The summed E-state index contributed by atoms with van der Waals surface area (Å²) in [5, 5.41) is 2.05. The van der Waals surface area contributed by atoms with Crippen molar-refractivity contribution < 1.29 is 0 Å². The smallest absolute Gasteiger partial charge is 0.141 e. The summed E-state index contributed by atoms with van der Waals surface area (Å²) < 4.78 is 0. The van der Waals surface area contributed by atoms with Gasteiger partial charge in [-0.2, -0.15) is 0 Å². The van der Waals surface area contributed by atoms with Crippen molar-refractivity contribution in [1.29, 1.82) is 0 Å². The third kappa shape index (κ3) is 2.98. The van der Waals surface area contributed by atoms with Crippen LogP contribution in [0.15, 0.2) is 23.3 Å². The van der Waals surface area contributed by atoms with Gasteiger partial charge in [-0.05, 0) is 7.05 Å². The molecule has 0 atom stereocenters. The fourth-order valence-corrected chi connectivity index (χ4v) is 1.92. The summed E-state index contributed by atoms with van der Waals surface area (Å²) in [5.41, 5.74) is 9.30. The highest BCUT2D eigenvalue weighted by atomic mass is 32.1. The Morgan fingerprint density at radius 2 is 2.00 bits per heavy atom. The van der Waals surface area contributed by atoms with Crippen LogP contribution >= 0.6 is 11.3 Å². The van der Waals surface area contributed by atoms with Gasteiger partial charge in [0.2, 0.25) is 0 Å². The SMILES string of the molecule is CN(Cc1cnc(N)cn1)Cc1cscn1. The van der Waals surface area contributed by atoms with Gasteiger partial charge in [0.1, 0.15) is 5.82 Å². The molecule has 2 heterocycles. The van der Waals surface area contributed by atoms with E-state index >= 15 is 0 Å². The van der Waals surface area contributed by atoms with E-state index in [1.165, 1.54) is 0 Å². The van der Waals surface area contributed by atoms with Gasteiger partial charge in [0.05, 0.1) is 29.3 Å². The molecular weight excluding hydrogens is 222 g/mol. The maximum absolute atomic E-state index is 5.47. The van der Waals surface area contributed by atoms with Gasteiger partial charge in [-0.15, -0.1) is 11.3 Å². The number of nitrogens with two attached hydrogens (primary N) is 1. The van der Waals surface area contributed by atoms with Gasteiger partial charge in [0, 0.05) is 18.5 Å². The molecule has 0 radical (unpaired) electrons. The van der Waals surface area contributed by atoms with E-state index < -0.39 is 0 Å². The minimum absolute atomic E-state index is 0.450. The molecule has 2 aromatic heterocycles. The summed E-state index contributed by atoms with van der Waals surface area (Å²) in [6, 6.07) is 0. The molecule has 2 N–H and O–H groups in total. The largest absolute Gasteiger partial charge is 0.382 e. The third-order valence-corrected chi connectivity index (χ3v) is 2.71. The highest BCUT2D eigenvalue weighted by molar-refractivity contribution is 7.07. The van der Waals surface area contributed by atoms with Crippen molar-refractivity contribution in [3.63, 3.8) is 0 Å². The molecule has 0 aromatic carbocycles. The van der Waals surface area contributed by atoms with Crippen molar-refractivity contribution in [2.75, 3.05) is 12.8 Å². The summed E-state index contributed by atoms with van der Waals surface area (Å²) >= 11 is 1.61. The van der Waals surface area contributed by atoms with Gasteiger partial charge in [-0.25, -0.2) is 9.97 Å². The number of nitrogens with zero attached hydrogens (tertiary/aromatic N) is 4. The van der Waals surface area contributed by atoms with Crippen molar-refractivity contribution in [3.05, 3.63) is 34.7 Å². The minimum atomic E-state index is 0.450. The molecule has 0 aliphatic heterocycles. The molecule has 16 heavy (non-hydrogen) atoms. The zero-order valence-corrected chi connectivity index (χ0v) is 9.81. The second-order valence-electron chi connectivity index (χ2n) is 3.58. The summed E-state index contributed by atoms with van der Waals surface area (Å²) in [7, 11) is 2.03. The highest BCUT2D eigenvalue weighted by Crippen LogP contribution is 2.06. The lowest BCUT2D eigenvalue weighted by Gasteiger charge is -2.14. The summed E-state index contributed by atoms with van der Waals surface area (Å²) in [6.07, 6.45) is 3.28. The first-order chi connectivity index (χ1) is 7.74. The summed E-state index contributed by atoms with van der Waals surface area (Å²) in [4.78, 5) is 14.6. The standard InChI is InChI=1S/C10H13N5S/c1-15(5-9-6-16-7-14-9)4-8-2-13-10(11)3-12-8/h2-3,6-7H,4-5H2,1H3,(H2,11,13). The van der Waals surface area contributed by atoms with Crippen molar-refractivity contribution in [2.24, 2.45) is 0 Å². The van der Waals surface area contributed by atoms with Crippen LogP contribution < -0.4 is 5.73 Å². The Kier molecular flexibility index (Phi) is 3.43. The molecule has 6 heteroatoms. The first-order valence-corrected chi connectivity index (χ1v) is 5.80. The first kappa shape index (κ1) is 11.0. The third-order valence-electron chi connectivity index (χ3n) is 2.07. The molecule has 0 aliphatic carbocycles. The van der Waals surface area contributed by atoms with Crippen LogP contribution in [0.2, 0.25) is 0 Å². The predicted octanol–water partition coefficient (Wildman–Crippen LogP) is 1.15. The molecule has 0 spiro atoms. The molecule has 5 nitrogen and oxygen atoms in total. The van der Waals surface area contributed by atoms with Crippen LogP contribution in [0.3, 0.4) is 0 Å². The molecule has 0 unspecified atom stereocenters. The van der Waals surface area contributed by atoms with Crippen molar-refractivity contribution >= 4 is 17.2 Å². The van der Waals surface area contributed by atoms with E-state index in [1.807, 2.05) is 17.9 Å². The Bertz CT molecular complexity index is 425. The van der Waals surface area contributed by atoms with Crippen LogP contribution in [0.1, 0.15) is 11.4 Å². The van der Waals surface area contributed by atoms with E-state index in [9.17, 15) is 0 Å². The summed E-state index contributed by atoms with van der Waals surface area (Å²) in [6.45, 7) is 1.56. The number of aromatic nitrogens is 3. The van der Waals surface area contributed by atoms with E-state index in [-0.39, 0.29) is 0 Å². The molecule has 0 fully saturated rings. The average molecular weight is 235 g/mol. The highest BCUT2D eigenvalue weighted by Gasteiger charge is 2.04. The number of thiazole rings is 1. The van der Waals surface area contributed by atoms with Crippen molar-refractivity contribution in [2.45, 2.75) is 13.1 Å². The number of anilines is 1. The van der Waals surface area contributed by atoms with Crippen LogP contribution in [0.25, 0.3) is 0 Å². The Balaban J connectivity index is 1.92. The number of hydrogen-bond donors (Lipinski definition) is 1. The van der Waals surface area contributed by atoms with Gasteiger partial charge in [0.15, 0.2) is 0 Å². The van der Waals surface area contributed by atoms with Crippen molar-refractivity contribution in [1.82, 2.24) is 19.9 Å². The Labute approximate surface area is 98.0 Å². The first-order valence-electron chi connectivity index (χ1n) is 4.86. The zero-order chi connectivity index (χ0) is 11.4. The lowest BCUT2D eigenvalue weighted by molar-refractivity contribution is 0.311. The zero-order valence-electron chi connectivity index (χ0n) is 9.00. The van der Waals surface area contributed by atoms with E-state index in [0.717, 1.165) is 24.5 Å². The van der Waals surface area contributed by atoms with E-state index in [0.29, 0.717) is 5.82 Å². The Morgan fingerprint density at radius 1 is 1.19 bits per heavy atom. The monoisotopic (exact) mass is 235 g/mol. The molecule has 2 rings (SSSR count). The van der Waals surface area contributed by atoms with E-state index in [2.05, 4.69) is 19.9 Å². The second-order valence-corrected chi connectivity index (χ2v) is 4.30. The Hall–Kier alpha value is -1.53. The predicted molar refractivity (Wildman–Crippen MR) is 63.7 cm³/mol.